The van der Waals surface area contributed by atoms with Gasteiger partial charge in [0.2, 0.25) is 0 Å². The molecule has 1 aromatic heterocycles. The Balaban J connectivity index is 2.65. The Bertz CT molecular complexity index is 572. The van der Waals surface area contributed by atoms with E-state index in [4.69, 9.17) is 0 Å². The van der Waals surface area contributed by atoms with E-state index in [1.54, 1.807) is 0 Å². The molecule has 0 radical (unpaired) electrons. The maximum atomic E-state index is 13.1. The zero-order valence-electron chi connectivity index (χ0n) is 11.8. The van der Waals surface area contributed by atoms with E-state index in [1.165, 1.54) is 6.92 Å². The number of nitrogens with zero attached hydrogens (tertiary/aromatic N) is 1. The van der Waals surface area contributed by atoms with Crippen LogP contribution < -0.4 is 5.32 Å². The van der Waals surface area contributed by atoms with Gasteiger partial charge < -0.3 is 10.1 Å². The predicted octanol–water partition coefficient (Wildman–Crippen LogP) is 3.87. The normalized spacial score (nSPS) is 15.4. The van der Waals surface area contributed by atoms with Gasteiger partial charge in [-0.05, 0) is 25.8 Å². The van der Waals surface area contributed by atoms with Crippen LogP contribution in [0.15, 0.2) is 6.07 Å². The molecule has 1 fully saturated rings. The number of halogens is 6. The molecule has 0 amide bonds. The minimum absolute atomic E-state index is 0.210. The number of carbonyl (C=O) groups is 1. The summed E-state index contributed by atoms with van der Waals surface area (Å²) >= 11 is 0. The van der Waals surface area contributed by atoms with Crippen LogP contribution in [0.4, 0.5) is 32.2 Å². The summed E-state index contributed by atoms with van der Waals surface area (Å²) in [4.78, 5) is 14.8. The Morgan fingerprint density at radius 1 is 1.26 bits per heavy atom. The van der Waals surface area contributed by atoms with Gasteiger partial charge in [-0.25, -0.2) is 9.78 Å². The average molecular weight is 342 g/mol. The van der Waals surface area contributed by atoms with E-state index >= 15 is 0 Å². The van der Waals surface area contributed by atoms with Gasteiger partial charge >= 0.3 is 18.3 Å². The van der Waals surface area contributed by atoms with E-state index < -0.39 is 41.0 Å². The summed E-state index contributed by atoms with van der Waals surface area (Å²) in [5.74, 6) is -2.28. The number of carbonyl (C=O) groups excluding carboxylic acids is 1. The van der Waals surface area contributed by atoms with Gasteiger partial charge in [-0.1, -0.05) is 0 Å². The van der Waals surface area contributed by atoms with Crippen molar-refractivity contribution in [2.75, 3.05) is 11.9 Å². The summed E-state index contributed by atoms with van der Waals surface area (Å²) in [6, 6.07) is 0.193. The molecule has 0 bridgehead atoms. The number of aromatic nitrogens is 1. The summed E-state index contributed by atoms with van der Waals surface area (Å²) < 4.78 is 82.9. The van der Waals surface area contributed by atoms with Crippen molar-refractivity contribution in [3.8, 4) is 0 Å². The maximum absolute atomic E-state index is 13.1. The average Bonchev–Trinajstić information content (AvgIpc) is 3.20. The van der Waals surface area contributed by atoms with Crippen molar-refractivity contribution in [1.29, 1.82) is 0 Å². The number of esters is 1. The Hall–Kier alpha value is -2.00. The molecular weight excluding hydrogens is 330 g/mol. The number of pyridine rings is 1. The molecule has 1 N–H and O–H groups in total. The minimum atomic E-state index is -5.23. The van der Waals surface area contributed by atoms with Gasteiger partial charge in [0.05, 0.1) is 12.2 Å². The molecule has 1 aromatic rings. The van der Waals surface area contributed by atoms with E-state index in [1.807, 2.05) is 0 Å². The summed E-state index contributed by atoms with van der Waals surface area (Å²) in [7, 11) is 0. The zero-order valence-corrected chi connectivity index (χ0v) is 11.8. The molecule has 0 atom stereocenters. The molecular formula is C13H12F6N2O2. The molecule has 1 heterocycles. The van der Waals surface area contributed by atoms with Gasteiger partial charge in [0.25, 0.3) is 0 Å². The highest BCUT2D eigenvalue weighted by Gasteiger charge is 2.45. The monoisotopic (exact) mass is 342 g/mol. The fourth-order valence-electron chi connectivity index (χ4n) is 1.89. The van der Waals surface area contributed by atoms with Crippen molar-refractivity contribution < 1.29 is 35.9 Å². The van der Waals surface area contributed by atoms with Gasteiger partial charge in [0, 0.05) is 6.04 Å². The van der Waals surface area contributed by atoms with Crippen LogP contribution >= 0.6 is 0 Å². The second-order valence-electron chi connectivity index (χ2n) is 4.91. The first-order chi connectivity index (χ1) is 10.5. The number of rotatable bonds is 4. The molecule has 128 valence electrons. The van der Waals surface area contributed by atoms with E-state index in [9.17, 15) is 31.1 Å². The number of anilines is 1. The summed E-state index contributed by atoms with van der Waals surface area (Å²) in [6.07, 6.45) is -9.14. The van der Waals surface area contributed by atoms with E-state index in [0.29, 0.717) is 18.9 Å². The standard InChI is InChI=1S/C13H12F6N2O2/c1-2-23-11(22)9-7(12(14,15)16)5-8(20-6-3-4-6)21-10(9)13(17,18)19/h5-6H,2-4H2,1H3,(H,20,21). The Kier molecular flexibility index (Phi) is 4.45. The first-order valence-electron chi connectivity index (χ1n) is 6.67. The molecule has 1 saturated carbocycles. The topological polar surface area (TPSA) is 51.2 Å². The largest absolute Gasteiger partial charge is 0.462 e. The number of hydrogen-bond donors (Lipinski definition) is 1. The van der Waals surface area contributed by atoms with Crippen LogP contribution in [0.25, 0.3) is 0 Å². The van der Waals surface area contributed by atoms with E-state index in [0.717, 1.165) is 0 Å². The quantitative estimate of drug-likeness (QED) is 0.667. The smallest absolute Gasteiger partial charge is 0.434 e. The molecule has 0 aliphatic heterocycles. The fourth-order valence-corrected chi connectivity index (χ4v) is 1.89. The van der Waals surface area contributed by atoms with Crippen LogP contribution in [-0.2, 0) is 17.1 Å². The molecule has 1 aliphatic rings. The van der Waals surface area contributed by atoms with Crippen molar-refractivity contribution >= 4 is 11.8 Å². The minimum Gasteiger partial charge on any atom is -0.462 e. The van der Waals surface area contributed by atoms with Crippen molar-refractivity contribution in [3.63, 3.8) is 0 Å². The third-order valence-electron chi connectivity index (χ3n) is 3.00. The Morgan fingerprint density at radius 3 is 2.30 bits per heavy atom. The second kappa shape index (κ2) is 5.89. The lowest BCUT2D eigenvalue weighted by atomic mass is 10.0. The zero-order chi connectivity index (χ0) is 17.4. The van der Waals surface area contributed by atoms with Gasteiger partial charge in [-0.3, -0.25) is 0 Å². The molecule has 0 saturated heterocycles. The summed E-state index contributed by atoms with van der Waals surface area (Å²) in [6.45, 7) is 0.907. The molecule has 0 unspecified atom stereocenters. The molecule has 4 nitrogen and oxygen atoms in total. The van der Waals surface area contributed by atoms with Gasteiger partial charge in [0.15, 0.2) is 5.69 Å². The fraction of sp³-hybridized carbons (Fsp3) is 0.538. The second-order valence-corrected chi connectivity index (χ2v) is 4.91. The van der Waals surface area contributed by atoms with Crippen molar-refractivity contribution in [2.45, 2.75) is 38.2 Å². The van der Waals surface area contributed by atoms with Crippen LogP contribution in [0.5, 0.6) is 0 Å². The molecule has 0 spiro atoms. The predicted molar refractivity (Wildman–Crippen MR) is 66.8 cm³/mol. The third kappa shape index (κ3) is 4.05. The Morgan fingerprint density at radius 2 is 1.87 bits per heavy atom. The highest BCUT2D eigenvalue weighted by molar-refractivity contribution is 5.93. The van der Waals surface area contributed by atoms with Crippen LogP contribution in [0.1, 0.15) is 41.4 Å². The van der Waals surface area contributed by atoms with Crippen LogP contribution in [0.2, 0.25) is 0 Å². The number of ether oxygens (including phenoxy) is 1. The molecule has 10 heteroatoms. The first-order valence-corrected chi connectivity index (χ1v) is 6.67. The van der Waals surface area contributed by atoms with Crippen molar-refractivity contribution in [2.24, 2.45) is 0 Å². The summed E-state index contributed by atoms with van der Waals surface area (Å²) in [5, 5.41) is 2.48. The molecule has 0 aromatic carbocycles. The molecule has 23 heavy (non-hydrogen) atoms. The number of hydrogen-bond acceptors (Lipinski definition) is 4. The Labute approximate surface area is 126 Å². The molecule has 2 rings (SSSR count). The van der Waals surface area contributed by atoms with Crippen molar-refractivity contribution in [3.05, 3.63) is 22.9 Å². The van der Waals surface area contributed by atoms with Gasteiger partial charge in [-0.15, -0.1) is 0 Å². The lowest BCUT2D eigenvalue weighted by Gasteiger charge is -2.18. The number of nitrogens with one attached hydrogen (secondary N) is 1. The van der Waals surface area contributed by atoms with Crippen molar-refractivity contribution in [1.82, 2.24) is 4.98 Å². The van der Waals surface area contributed by atoms with E-state index in [-0.39, 0.29) is 12.6 Å². The SMILES string of the molecule is CCOC(=O)c1c(C(F)(F)F)cc(NC2CC2)nc1C(F)(F)F. The summed E-state index contributed by atoms with van der Waals surface area (Å²) in [5.41, 5.74) is -5.25. The van der Waals surface area contributed by atoms with Crippen LogP contribution in [0.3, 0.4) is 0 Å². The lowest BCUT2D eigenvalue weighted by Crippen LogP contribution is -2.24. The van der Waals surface area contributed by atoms with Gasteiger partial charge in [-0.2, -0.15) is 26.3 Å². The highest BCUT2D eigenvalue weighted by Crippen LogP contribution is 2.40. The molecule has 1 aliphatic carbocycles. The number of alkyl halides is 6. The van der Waals surface area contributed by atoms with Gasteiger partial charge in [0.1, 0.15) is 11.4 Å². The van der Waals surface area contributed by atoms with Crippen LogP contribution in [-0.4, -0.2) is 23.6 Å². The highest BCUT2D eigenvalue weighted by atomic mass is 19.4. The third-order valence-corrected chi connectivity index (χ3v) is 3.00. The lowest BCUT2D eigenvalue weighted by molar-refractivity contribution is -0.146. The first kappa shape index (κ1) is 17.4. The maximum Gasteiger partial charge on any atom is 0.434 e. The van der Waals surface area contributed by atoms with E-state index in [2.05, 4.69) is 15.0 Å². The van der Waals surface area contributed by atoms with Crippen LogP contribution in [0, 0.1) is 0 Å².